The molecule has 1 aromatic rings. The van der Waals surface area contributed by atoms with E-state index in [1.165, 1.54) is 0 Å². The van der Waals surface area contributed by atoms with Crippen LogP contribution >= 0.6 is 0 Å². The third kappa shape index (κ3) is 2.71. The Morgan fingerprint density at radius 1 is 1.38 bits per heavy atom. The van der Waals surface area contributed by atoms with Crippen LogP contribution in [0.2, 0.25) is 0 Å². The Bertz CT molecular complexity index is 555. The van der Waals surface area contributed by atoms with E-state index in [1.54, 1.807) is 4.90 Å². The van der Waals surface area contributed by atoms with Gasteiger partial charge in [-0.1, -0.05) is 0 Å². The summed E-state index contributed by atoms with van der Waals surface area (Å²) in [6.07, 6.45) is 0.550. The zero-order valence-corrected chi connectivity index (χ0v) is 12.2. The van der Waals surface area contributed by atoms with Gasteiger partial charge in [0.15, 0.2) is 0 Å². The summed E-state index contributed by atoms with van der Waals surface area (Å²) in [4.78, 5) is 20.1. The fourth-order valence-corrected chi connectivity index (χ4v) is 2.68. The summed E-state index contributed by atoms with van der Waals surface area (Å²) in [5.41, 5.74) is 7.45. The van der Waals surface area contributed by atoms with Crippen molar-refractivity contribution in [3.8, 4) is 0 Å². The van der Waals surface area contributed by atoms with Crippen molar-refractivity contribution >= 4 is 17.6 Å². The van der Waals surface area contributed by atoms with Gasteiger partial charge in [0.25, 0.3) is 0 Å². The van der Waals surface area contributed by atoms with E-state index >= 15 is 0 Å². The number of benzene rings is 1. The van der Waals surface area contributed by atoms with Crippen molar-refractivity contribution in [3.63, 3.8) is 0 Å². The SMILES string of the molecule is CN1CCCN=C1c1ccc(N2C[C@H](CN)OC2=O)cc1. The predicted molar refractivity (Wildman–Crippen MR) is 81.8 cm³/mol. The Morgan fingerprint density at radius 3 is 2.76 bits per heavy atom. The average Bonchev–Trinajstić information content (AvgIpc) is 2.89. The number of anilines is 1. The largest absolute Gasteiger partial charge is 0.443 e. The number of hydrogen-bond acceptors (Lipinski definition) is 5. The van der Waals surface area contributed by atoms with E-state index in [2.05, 4.69) is 16.9 Å². The number of carbonyl (C=O) groups excluding carboxylic acids is 1. The molecule has 0 saturated carbocycles. The highest BCUT2D eigenvalue weighted by atomic mass is 16.6. The molecule has 1 fully saturated rings. The predicted octanol–water partition coefficient (Wildman–Crippen LogP) is 1.05. The molecule has 0 aliphatic carbocycles. The number of cyclic esters (lactones) is 1. The van der Waals surface area contributed by atoms with Crippen molar-refractivity contribution in [2.24, 2.45) is 10.7 Å². The van der Waals surface area contributed by atoms with Crippen molar-refractivity contribution in [2.45, 2.75) is 12.5 Å². The first-order chi connectivity index (χ1) is 10.2. The smallest absolute Gasteiger partial charge is 0.414 e. The average molecular weight is 288 g/mol. The van der Waals surface area contributed by atoms with E-state index in [4.69, 9.17) is 10.5 Å². The van der Waals surface area contributed by atoms with Gasteiger partial charge < -0.3 is 15.4 Å². The third-order valence-corrected chi connectivity index (χ3v) is 3.85. The number of amidine groups is 1. The second-order valence-electron chi connectivity index (χ2n) is 5.38. The maximum Gasteiger partial charge on any atom is 0.414 e. The Labute approximate surface area is 124 Å². The van der Waals surface area contributed by atoms with Gasteiger partial charge in [-0.25, -0.2) is 4.79 Å². The van der Waals surface area contributed by atoms with Crippen LogP contribution in [0.15, 0.2) is 29.3 Å². The quantitative estimate of drug-likeness (QED) is 0.902. The molecule has 3 rings (SSSR count). The second-order valence-corrected chi connectivity index (χ2v) is 5.38. The van der Waals surface area contributed by atoms with Crippen LogP contribution in [0, 0.1) is 0 Å². The number of carbonyl (C=O) groups is 1. The summed E-state index contributed by atoms with van der Waals surface area (Å²) in [6.45, 7) is 2.76. The van der Waals surface area contributed by atoms with Gasteiger partial charge in [-0.2, -0.15) is 0 Å². The molecule has 2 aliphatic heterocycles. The standard InChI is InChI=1S/C15H20N4O2/c1-18-8-2-7-17-14(18)11-3-5-12(6-4-11)19-10-13(9-16)21-15(19)20/h3-6,13H,2,7-10,16H2,1H3/t13-/m0/s1. The first kappa shape index (κ1) is 13.9. The molecule has 0 aromatic heterocycles. The fraction of sp³-hybridized carbons (Fsp3) is 0.467. The molecular weight excluding hydrogens is 268 g/mol. The summed E-state index contributed by atoms with van der Waals surface area (Å²) in [6, 6.07) is 7.86. The van der Waals surface area contributed by atoms with Gasteiger partial charge in [0.2, 0.25) is 0 Å². The van der Waals surface area contributed by atoms with E-state index in [1.807, 2.05) is 24.3 Å². The van der Waals surface area contributed by atoms with Crippen LogP contribution in [-0.2, 0) is 4.74 Å². The first-order valence-electron chi connectivity index (χ1n) is 7.23. The minimum atomic E-state index is -0.328. The van der Waals surface area contributed by atoms with Crippen LogP contribution in [0.1, 0.15) is 12.0 Å². The molecule has 1 atom stereocenters. The van der Waals surface area contributed by atoms with Gasteiger partial charge in [0, 0.05) is 37.9 Å². The van der Waals surface area contributed by atoms with E-state index in [-0.39, 0.29) is 12.2 Å². The minimum absolute atomic E-state index is 0.217. The van der Waals surface area contributed by atoms with Crippen LogP contribution in [0.25, 0.3) is 0 Å². The summed E-state index contributed by atoms with van der Waals surface area (Å²) in [5, 5.41) is 0. The van der Waals surface area contributed by atoms with Gasteiger partial charge >= 0.3 is 6.09 Å². The molecule has 1 aromatic carbocycles. The van der Waals surface area contributed by atoms with Gasteiger partial charge in [-0.3, -0.25) is 9.89 Å². The lowest BCUT2D eigenvalue weighted by atomic mass is 10.1. The van der Waals surface area contributed by atoms with Crippen molar-refractivity contribution in [1.29, 1.82) is 0 Å². The van der Waals surface area contributed by atoms with Crippen LogP contribution in [0.5, 0.6) is 0 Å². The summed E-state index contributed by atoms with van der Waals surface area (Å²) in [5.74, 6) is 1.01. The third-order valence-electron chi connectivity index (χ3n) is 3.85. The number of nitrogens with zero attached hydrogens (tertiary/aromatic N) is 3. The van der Waals surface area contributed by atoms with Crippen molar-refractivity contribution in [3.05, 3.63) is 29.8 Å². The molecule has 6 nitrogen and oxygen atoms in total. The van der Waals surface area contributed by atoms with E-state index in [0.717, 1.165) is 36.6 Å². The van der Waals surface area contributed by atoms with E-state index in [0.29, 0.717) is 13.1 Å². The molecule has 0 radical (unpaired) electrons. The lowest BCUT2D eigenvalue weighted by Gasteiger charge is -2.25. The van der Waals surface area contributed by atoms with Crippen LogP contribution in [0.3, 0.4) is 0 Å². The highest BCUT2D eigenvalue weighted by Gasteiger charge is 2.31. The minimum Gasteiger partial charge on any atom is -0.443 e. The zero-order chi connectivity index (χ0) is 14.8. The van der Waals surface area contributed by atoms with Gasteiger partial charge in [-0.05, 0) is 30.7 Å². The molecule has 0 spiro atoms. The zero-order valence-electron chi connectivity index (χ0n) is 12.2. The monoisotopic (exact) mass is 288 g/mol. The molecule has 0 unspecified atom stereocenters. The molecule has 112 valence electrons. The molecule has 21 heavy (non-hydrogen) atoms. The number of rotatable bonds is 3. The molecule has 0 bridgehead atoms. The number of aliphatic imine (C=N–C) groups is 1. The molecule has 1 saturated heterocycles. The molecule has 6 heteroatoms. The lowest BCUT2D eigenvalue weighted by molar-refractivity contribution is 0.145. The van der Waals surface area contributed by atoms with Crippen LogP contribution < -0.4 is 10.6 Å². The summed E-state index contributed by atoms with van der Waals surface area (Å²) >= 11 is 0. The van der Waals surface area contributed by atoms with E-state index in [9.17, 15) is 4.79 Å². The van der Waals surface area contributed by atoms with E-state index < -0.39 is 0 Å². The van der Waals surface area contributed by atoms with Crippen molar-refractivity contribution in [2.75, 3.05) is 38.1 Å². The lowest BCUT2D eigenvalue weighted by Crippen LogP contribution is -2.32. The number of hydrogen-bond donors (Lipinski definition) is 1. The Kier molecular flexibility index (Phi) is 3.79. The molecule has 1 amide bonds. The molecule has 2 heterocycles. The number of ether oxygens (including phenoxy) is 1. The first-order valence-corrected chi connectivity index (χ1v) is 7.23. The molecule has 2 N–H and O–H groups in total. The number of amides is 1. The highest BCUT2D eigenvalue weighted by Crippen LogP contribution is 2.22. The maximum atomic E-state index is 11.8. The molecular formula is C15H20N4O2. The fourth-order valence-electron chi connectivity index (χ4n) is 2.68. The van der Waals surface area contributed by atoms with Crippen LogP contribution in [0.4, 0.5) is 10.5 Å². The van der Waals surface area contributed by atoms with Crippen molar-refractivity contribution in [1.82, 2.24) is 4.90 Å². The Balaban J connectivity index is 1.78. The Morgan fingerprint density at radius 2 is 2.14 bits per heavy atom. The Hall–Kier alpha value is -2.08. The van der Waals surface area contributed by atoms with Gasteiger partial charge in [0.1, 0.15) is 11.9 Å². The van der Waals surface area contributed by atoms with Gasteiger partial charge in [-0.15, -0.1) is 0 Å². The maximum absolute atomic E-state index is 11.8. The van der Waals surface area contributed by atoms with Crippen LogP contribution in [-0.4, -0.2) is 56.2 Å². The number of nitrogens with two attached hydrogens (primary N) is 1. The summed E-state index contributed by atoms with van der Waals surface area (Å²) < 4.78 is 5.17. The normalized spacial score (nSPS) is 22.3. The molecule has 2 aliphatic rings. The van der Waals surface area contributed by atoms with Gasteiger partial charge in [0.05, 0.1) is 6.54 Å². The van der Waals surface area contributed by atoms with Crippen molar-refractivity contribution < 1.29 is 9.53 Å². The summed E-state index contributed by atoms with van der Waals surface area (Å²) in [7, 11) is 2.05. The second kappa shape index (κ2) is 5.73. The highest BCUT2D eigenvalue weighted by molar-refractivity contribution is 5.99. The topological polar surface area (TPSA) is 71.2 Å².